The number of pyridine rings is 1. The van der Waals surface area contributed by atoms with E-state index in [1.807, 2.05) is 0 Å². The molecule has 0 N–H and O–H groups in total. The second kappa shape index (κ2) is 6.53. The Morgan fingerprint density at radius 1 is 1.17 bits per heavy atom. The van der Waals surface area contributed by atoms with Crippen LogP contribution in [0.25, 0.3) is 11.5 Å². The molecule has 0 amide bonds. The Morgan fingerprint density at radius 3 is 2.58 bits per heavy atom. The molecule has 0 aliphatic heterocycles. The molecular formula is C16H14FN3O4. The van der Waals surface area contributed by atoms with E-state index in [0.29, 0.717) is 22.8 Å². The molecule has 0 saturated heterocycles. The molecule has 0 saturated carbocycles. The van der Waals surface area contributed by atoms with Crippen molar-refractivity contribution in [1.82, 2.24) is 14.8 Å². The fourth-order valence-electron chi connectivity index (χ4n) is 2.22. The Labute approximate surface area is 136 Å². The number of hydrogen-bond donors (Lipinski definition) is 0. The quantitative estimate of drug-likeness (QED) is 0.712. The van der Waals surface area contributed by atoms with Crippen LogP contribution in [0.15, 0.2) is 45.7 Å². The summed E-state index contributed by atoms with van der Waals surface area (Å²) in [6, 6.07) is 7.14. The average Bonchev–Trinajstić information content (AvgIpc) is 2.96. The van der Waals surface area contributed by atoms with E-state index in [4.69, 9.17) is 13.9 Å². The van der Waals surface area contributed by atoms with E-state index < -0.39 is 5.76 Å². The van der Waals surface area contributed by atoms with Crippen LogP contribution in [0, 0.1) is 5.82 Å². The summed E-state index contributed by atoms with van der Waals surface area (Å²) in [6.07, 6.45) is 1.54. The summed E-state index contributed by atoms with van der Waals surface area (Å²) < 4.78 is 29.7. The Hall–Kier alpha value is -3.16. The zero-order valence-electron chi connectivity index (χ0n) is 13.0. The number of ether oxygens (including phenoxy) is 2. The van der Waals surface area contributed by atoms with Crippen molar-refractivity contribution < 1.29 is 18.3 Å². The minimum atomic E-state index is -0.652. The summed E-state index contributed by atoms with van der Waals surface area (Å²) in [5.74, 6) is -0.0234. The zero-order valence-corrected chi connectivity index (χ0v) is 13.0. The van der Waals surface area contributed by atoms with Crippen LogP contribution in [-0.2, 0) is 6.54 Å². The summed E-state index contributed by atoms with van der Waals surface area (Å²) >= 11 is 0. The molecule has 0 aliphatic rings. The fourth-order valence-corrected chi connectivity index (χ4v) is 2.22. The van der Waals surface area contributed by atoms with Gasteiger partial charge < -0.3 is 13.9 Å². The van der Waals surface area contributed by atoms with E-state index in [1.165, 1.54) is 38.5 Å². The van der Waals surface area contributed by atoms with Gasteiger partial charge in [-0.1, -0.05) is 0 Å². The zero-order chi connectivity index (χ0) is 17.1. The van der Waals surface area contributed by atoms with Crippen molar-refractivity contribution in [2.45, 2.75) is 6.54 Å². The van der Waals surface area contributed by atoms with Crippen LogP contribution in [0.1, 0.15) is 5.69 Å². The van der Waals surface area contributed by atoms with Crippen molar-refractivity contribution in [1.29, 1.82) is 0 Å². The highest BCUT2D eigenvalue weighted by atomic mass is 19.1. The lowest BCUT2D eigenvalue weighted by Crippen LogP contribution is -2.18. The number of nitrogens with zero attached hydrogens (tertiary/aromatic N) is 3. The molecule has 7 nitrogen and oxygen atoms in total. The Bertz CT molecular complexity index is 902. The standard InChI is InChI=1S/C16H14FN3O4/c1-22-13-7-8-18-12(14(13)23-2)9-20-16(21)24-15(19-20)10-3-5-11(17)6-4-10/h3-8H,9H2,1-2H3. The van der Waals surface area contributed by atoms with Crippen LogP contribution in [0.5, 0.6) is 11.5 Å². The van der Waals surface area contributed by atoms with Crippen molar-refractivity contribution in [3.05, 3.63) is 58.6 Å². The predicted octanol–water partition coefficient (Wildman–Crippen LogP) is 2.10. The lowest BCUT2D eigenvalue weighted by Gasteiger charge is -2.10. The van der Waals surface area contributed by atoms with Gasteiger partial charge in [0.25, 0.3) is 0 Å². The molecule has 0 aliphatic carbocycles. The van der Waals surface area contributed by atoms with E-state index in [-0.39, 0.29) is 18.3 Å². The molecule has 24 heavy (non-hydrogen) atoms. The molecule has 1 aromatic carbocycles. The van der Waals surface area contributed by atoms with E-state index in [1.54, 1.807) is 12.3 Å². The van der Waals surface area contributed by atoms with E-state index >= 15 is 0 Å². The van der Waals surface area contributed by atoms with Gasteiger partial charge in [0.15, 0.2) is 11.5 Å². The van der Waals surface area contributed by atoms with Gasteiger partial charge in [0.05, 0.1) is 20.8 Å². The first-order valence-corrected chi connectivity index (χ1v) is 7.02. The molecule has 0 fully saturated rings. The van der Waals surface area contributed by atoms with Crippen LogP contribution < -0.4 is 15.2 Å². The van der Waals surface area contributed by atoms with Gasteiger partial charge in [-0.25, -0.2) is 9.18 Å². The second-order valence-corrected chi connectivity index (χ2v) is 4.83. The van der Waals surface area contributed by atoms with Crippen molar-refractivity contribution in [3.63, 3.8) is 0 Å². The molecule has 3 rings (SSSR count). The lowest BCUT2D eigenvalue weighted by atomic mass is 10.2. The lowest BCUT2D eigenvalue weighted by molar-refractivity contribution is 0.347. The van der Waals surface area contributed by atoms with Crippen LogP contribution in [0.3, 0.4) is 0 Å². The van der Waals surface area contributed by atoms with Gasteiger partial charge >= 0.3 is 5.76 Å². The fraction of sp³-hybridized carbons (Fsp3) is 0.188. The summed E-state index contributed by atoms with van der Waals surface area (Å²) in [7, 11) is 3.00. The second-order valence-electron chi connectivity index (χ2n) is 4.83. The van der Waals surface area contributed by atoms with E-state index in [9.17, 15) is 9.18 Å². The molecule has 0 atom stereocenters. The molecule has 0 unspecified atom stereocenters. The number of rotatable bonds is 5. The molecular weight excluding hydrogens is 317 g/mol. The largest absolute Gasteiger partial charge is 0.493 e. The summed E-state index contributed by atoms with van der Waals surface area (Å²) in [6.45, 7) is 0.0455. The minimum Gasteiger partial charge on any atom is -0.493 e. The van der Waals surface area contributed by atoms with Crippen LogP contribution in [-0.4, -0.2) is 29.0 Å². The molecule has 0 bridgehead atoms. The summed E-state index contributed by atoms with van der Waals surface area (Å²) in [5, 5.41) is 4.11. The predicted molar refractivity (Wildman–Crippen MR) is 82.6 cm³/mol. The molecule has 3 aromatic rings. The van der Waals surface area contributed by atoms with Crippen LogP contribution >= 0.6 is 0 Å². The number of aromatic nitrogens is 3. The number of benzene rings is 1. The topological polar surface area (TPSA) is 79.4 Å². The Balaban J connectivity index is 1.95. The molecule has 0 spiro atoms. The first kappa shape index (κ1) is 15.7. The maximum absolute atomic E-state index is 13.0. The van der Waals surface area contributed by atoms with E-state index in [0.717, 1.165) is 4.68 Å². The first-order chi connectivity index (χ1) is 11.6. The molecule has 2 aromatic heterocycles. The van der Waals surface area contributed by atoms with Crippen molar-refractivity contribution in [2.24, 2.45) is 0 Å². The smallest absolute Gasteiger partial charge is 0.437 e. The molecule has 124 valence electrons. The van der Waals surface area contributed by atoms with Gasteiger partial charge in [-0.15, -0.1) is 5.10 Å². The summed E-state index contributed by atoms with van der Waals surface area (Å²) in [4.78, 5) is 16.2. The normalized spacial score (nSPS) is 10.6. The van der Waals surface area contributed by atoms with Crippen LogP contribution in [0.2, 0.25) is 0 Å². The molecule has 8 heteroatoms. The van der Waals surface area contributed by atoms with Crippen molar-refractivity contribution in [3.8, 4) is 23.0 Å². The van der Waals surface area contributed by atoms with Crippen molar-refractivity contribution in [2.75, 3.05) is 14.2 Å². The monoisotopic (exact) mass is 331 g/mol. The highest BCUT2D eigenvalue weighted by molar-refractivity contribution is 5.51. The van der Waals surface area contributed by atoms with E-state index in [2.05, 4.69) is 10.1 Å². The van der Waals surface area contributed by atoms with Gasteiger partial charge in [-0.05, 0) is 24.3 Å². The van der Waals surface area contributed by atoms with Gasteiger partial charge in [0, 0.05) is 17.8 Å². The Kier molecular flexibility index (Phi) is 4.28. The maximum Gasteiger partial charge on any atom is 0.437 e. The third-order valence-corrected chi connectivity index (χ3v) is 3.36. The Morgan fingerprint density at radius 2 is 1.92 bits per heavy atom. The molecule has 0 radical (unpaired) electrons. The number of hydrogen-bond acceptors (Lipinski definition) is 6. The highest BCUT2D eigenvalue weighted by Crippen LogP contribution is 2.29. The SMILES string of the molecule is COc1ccnc(Cn2nc(-c3ccc(F)cc3)oc2=O)c1OC. The maximum atomic E-state index is 13.0. The average molecular weight is 331 g/mol. The highest BCUT2D eigenvalue weighted by Gasteiger charge is 2.16. The van der Waals surface area contributed by atoms with Crippen molar-refractivity contribution >= 4 is 0 Å². The number of methoxy groups -OCH3 is 2. The van der Waals surface area contributed by atoms with Gasteiger partial charge in [0.2, 0.25) is 5.89 Å². The van der Waals surface area contributed by atoms with Gasteiger partial charge in [-0.3, -0.25) is 4.98 Å². The third-order valence-electron chi connectivity index (χ3n) is 3.36. The number of halogens is 1. The minimum absolute atomic E-state index is 0.0455. The van der Waals surface area contributed by atoms with Gasteiger partial charge in [-0.2, -0.15) is 4.68 Å². The van der Waals surface area contributed by atoms with Crippen LogP contribution in [0.4, 0.5) is 4.39 Å². The third kappa shape index (κ3) is 2.98. The molecule has 2 heterocycles. The first-order valence-electron chi connectivity index (χ1n) is 7.02. The summed E-state index contributed by atoms with van der Waals surface area (Å²) in [5.41, 5.74) is 0.968. The van der Waals surface area contributed by atoms with Gasteiger partial charge in [0.1, 0.15) is 11.5 Å².